The number of hydrogen-bond acceptors (Lipinski definition) is 6. The standard InChI is InChI=1S/C15H14N2O4S/c1-3-21-11(18)7-10-16-13-12-8(20-2)5-4-6-9(12)22-14(13)15(19)17-10/h4-6H,3,7H2,1-2H3,(H,16,17,19). The summed E-state index contributed by atoms with van der Waals surface area (Å²) < 4.78 is 11.7. The van der Waals surface area contributed by atoms with Crippen LogP contribution in [0.15, 0.2) is 23.0 Å². The van der Waals surface area contributed by atoms with Crippen LogP contribution in [0.5, 0.6) is 5.75 Å². The second-order valence-corrected chi connectivity index (χ2v) is 5.66. The summed E-state index contributed by atoms with van der Waals surface area (Å²) in [6, 6.07) is 5.60. The van der Waals surface area contributed by atoms with Gasteiger partial charge in [-0.05, 0) is 19.1 Å². The largest absolute Gasteiger partial charge is 0.496 e. The van der Waals surface area contributed by atoms with Crippen LogP contribution in [0.1, 0.15) is 12.7 Å². The van der Waals surface area contributed by atoms with Gasteiger partial charge in [0.2, 0.25) is 0 Å². The fourth-order valence-electron chi connectivity index (χ4n) is 2.32. The molecule has 0 aliphatic carbocycles. The van der Waals surface area contributed by atoms with Crippen molar-refractivity contribution in [3.63, 3.8) is 0 Å². The van der Waals surface area contributed by atoms with E-state index in [1.54, 1.807) is 14.0 Å². The number of rotatable bonds is 4. The number of aromatic amines is 1. The van der Waals surface area contributed by atoms with E-state index in [0.29, 0.717) is 28.4 Å². The highest BCUT2D eigenvalue weighted by molar-refractivity contribution is 7.25. The lowest BCUT2D eigenvalue weighted by molar-refractivity contribution is -0.142. The van der Waals surface area contributed by atoms with Crippen LogP contribution in [0.2, 0.25) is 0 Å². The number of nitrogens with zero attached hydrogens (tertiary/aromatic N) is 1. The molecule has 3 rings (SSSR count). The van der Waals surface area contributed by atoms with Crippen LogP contribution < -0.4 is 10.3 Å². The van der Waals surface area contributed by atoms with Crippen LogP contribution >= 0.6 is 11.3 Å². The molecule has 0 spiro atoms. The predicted molar refractivity (Wildman–Crippen MR) is 84.6 cm³/mol. The van der Waals surface area contributed by atoms with Crippen LogP contribution in [0.4, 0.5) is 0 Å². The van der Waals surface area contributed by atoms with Crippen molar-refractivity contribution in [3.8, 4) is 5.75 Å². The van der Waals surface area contributed by atoms with Gasteiger partial charge in [-0.2, -0.15) is 0 Å². The van der Waals surface area contributed by atoms with E-state index in [1.165, 1.54) is 11.3 Å². The Labute approximate surface area is 129 Å². The molecule has 7 heteroatoms. The summed E-state index contributed by atoms with van der Waals surface area (Å²) in [5, 5.41) is 0.793. The molecule has 0 amide bonds. The van der Waals surface area contributed by atoms with Gasteiger partial charge in [0.05, 0.1) is 19.1 Å². The number of esters is 1. The number of aromatic nitrogens is 2. The zero-order valence-corrected chi connectivity index (χ0v) is 13.0. The topological polar surface area (TPSA) is 81.3 Å². The number of carbonyl (C=O) groups is 1. The molecule has 1 N–H and O–H groups in total. The monoisotopic (exact) mass is 318 g/mol. The first-order valence-corrected chi connectivity index (χ1v) is 7.59. The number of ether oxygens (including phenoxy) is 2. The first-order chi connectivity index (χ1) is 10.6. The van der Waals surface area contributed by atoms with E-state index in [1.807, 2.05) is 18.2 Å². The van der Waals surface area contributed by atoms with Gasteiger partial charge in [0.15, 0.2) is 0 Å². The van der Waals surface area contributed by atoms with Gasteiger partial charge in [0, 0.05) is 4.70 Å². The number of hydrogen-bond donors (Lipinski definition) is 1. The van der Waals surface area contributed by atoms with Crippen molar-refractivity contribution in [3.05, 3.63) is 34.4 Å². The lowest BCUT2D eigenvalue weighted by atomic mass is 10.2. The van der Waals surface area contributed by atoms with Crippen molar-refractivity contribution in [2.45, 2.75) is 13.3 Å². The molecule has 114 valence electrons. The van der Waals surface area contributed by atoms with Crippen molar-refractivity contribution in [1.29, 1.82) is 0 Å². The van der Waals surface area contributed by atoms with Gasteiger partial charge in [-0.25, -0.2) is 4.98 Å². The summed E-state index contributed by atoms with van der Waals surface area (Å²) in [5.41, 5.74) is 0.299. The average molecular weight is 318 g/mol. The van der Waals surface area contributed by atoms with Gasteiger partial charge in [-0.15, -0.1) is 11.3 Å². The summed E-state index contributed by atoms with van der Waals surface area (Å²) >= 11 is 1.35. The summed E-state index contributed by atoms with van der Waals surface area (Å²) in [7, 11) is 1.57. The minimum absolute atomic E-state index is 0.0640. The highest BCUT2D eigenvalue weighted by atomic mass is 32.1. The molecule has 6 nitrogen and oxygen atoms in total. The maximum Gasteiger partial charge on any atom is 0.313 e. The number of carbonyl (C=O) groups excluding carboxylic acids is 1. The van der Waals surface area contributed by atoms with Crippen molar-refractivity contribution in [2.75, 3.05) is 13.7 Å². The molecule has 3 aromatic rings. The molecule has 0 radical (unpaired) electrons. The predicted octanol–water partition coefficient (Wildman–Crippen LogP) is 2.25. The molecule has 0 atom stereocenters. The molecule has 0 aliphatic heterocycles. The molecule has 0 unspecified atom stereocenters. The highest BCUT2D eigenvalue weighted by Crippen LogP contribution is 2.36. The number of H-pyrrole nitrogens is 1. The fraction of sp³-hybridized carbons (Fsp3) is 0.267. The molecule has 0 saturated heterocycles. The van der Waals surface area contributed by atoms with E-state index in [2.05, 4.69) is 9.97 Å². The molecule has 2 heterocycles. The average Bonchev–Trinajstić information content (AvgIpc) is 2.87. The van der Waals surface area contributed by atoms with E-state index in [-0.39, 0.29) is 12.0 Å². The fourth-order valence-corrected chi connectivity index (χ4v) is 3.37. The Bertz CT molecular complexity index is 913. The number of thiophene rings is 1. The molecule has 0 aliphatic rings. The highest BCUT2D eigenvalue weighted by Gasteiger charge is 2.16. The Morgan fingerprint density at radius 2 is 2.23 bits per heavy atom. The molecule has 22 heavy (non-hydrogen) atoms. The Balaban J connectivity index is 2.21. The van der Waals surface area contributed by atoms with E-state index < -0.39 is 5.97 Å². The molecule has 0 saturated carbocycles. The quantitative estimate of drug-likeness (QED) is 0.746. The van der Waals surface area contributed by atoms with E-state index in [4.69, 9.17) is 9.47 Å². The summed E-state index contributed by atoms with van der Waals surface area (Å²) in [4.78, 5) is 30.9. The molecule has 0 bridgehead atoms. The van der Waals surface area contributed by atoms with Crippen molar-refractivity contribution >= 4 is 37.6 Å². The molecule has 1 aromatic carbocycles. The maximum atomic E-state index is 12.2. The normalized spacial score (nSPS) is 11.0. The summed E-state index contributed by atoms with van der Waals surface area (Å²) in [5.74, 6) is 0.530. The number of nitrogens with one attached hydrogen (secondary N) is 1. The van der Waals surface area contributed by atoms with Crippen LogP contribution in [0.3, 0.4) is 0 Å². The zero-order valence-electron chi connectivity index (χ0n) is 12.1. The zero-order chi connectivity index (χ0) is 15.7. The Morgan fingerprint density at radius 1 is 1.41 bits per heavy atom. The van der Waals surface area contributed by atoms with Crippen LogP contribution in [-0.4, -0.2) is 29.7 Å². The third kappa shape index (κ3) is 2.43. The summed E-state index contributed by atoms with van der Waals surface area (Å²) in [6.45, 7) is 2.02. The lowest BCUT2D eigenvalue weighted by Crippen LogP contribution is -2.15. The van der Waals surface area contributed by atoms with Gasteiger partial charge >= 0.3 is 5.97 Å². The second kappa shape index (κ2) is 5.76. The SMILES string of the molecule is CCOC(=O)Cc1nc2c(sc3cccc(OC)c32)c(=O)[nH]1. The first-order valence-electron chi connectivity index (χ1n) is 6.78. The van der Waals surface area contributed by atoms with E-state index in [9.17, 15) is 9.59 Å². The molecular formula is C15H14N2O4S. The van der Waals surface area contributed by atoms with Crippen LogP contribution in [0.25, 0.3) is 20.3 Å². The van der Waals surface area contributed by atoms with Crippen molar-refractivity contribution in [2.24, 2.45) is 0 Å². The van der Waals surface area contributed by atoms with Gasteiger partial charge in [-0.3, -0.25) is 9.59 Å². The first kappa shape index (κ1) is 14.5. The number of benzene rings is 1. The van der Waals surface area contributed by atoms with Crippen molar-refractivity contribution in [1.82, 2.24) is 9.97 Å². The van der Waals surface area contributed by atoms with E-state index >= 15 is 0 Å². The van der Waals surface area contributed by atoms with Crippen LogP contribution in [0, 0.1) is 0 Å². The van der Waals surface area contributed by atoms with Crippen LogP contribution in [-0.2, 0) is 16.0 Å². The minimum Gasteiger partial charge on any atom is -0.496 e. The molecule has 0 fully saturated rings. The van der Waals surface area contributed by atoms with Gasteiger partial charge in [-0.1, -0.05) is 6.07 Å². The van der Waals surface area contributed by atoms with Crippen molar-refractivity contribution < 1.29 is 14.3 Å². The Kier molecular flexibility index (Phi) is 3.81. The number of fused-ring (bicyclic) bond motifs is 3. The van der Waals surface area contributed by atoms with Gasteiger partial charge in [0.1, 0.15) is 28.2 Å². The van der Waals surface area contributed by atoms with E-state index in [0.717, 1.165) is 10.1 Å². The van der Waals surface area contributed by atoms with Gasteiger partial charge in [0.25, 0.3) is 5.56 Å². The third-order valence-electron chi connectivity index (χ3n) is 3.20. The summed E-state index contributed by atoms with van der Waals surface area (Å²) in [6.07, 6.45) is -0.0640. The third-order valence-corrected chi connectivity index (χ3v) is 4.34. The Hall–Kier alpha value is -2.41. The Morgan fingerprint density at radius 3 is 2.95 bits per heavy atom. The molecule has 2 aromatic heterocycles. The maximum absolute atomic E-state index is 12.2. The number of methoxy groups -OCH3 is 1. The molecular weight excluding hydrogens is 304 g/mol. The van der Waals surface area contributed by atoms with Gasteiger partial charge < -0.3 is 14.5 Å². The lowest BCUT2D eigenvalue weighted by Gasteiger charge is -2.03. The minimum atomic E-state index is -0.420. The smallest absolute Gasteiger partial charge is 0.313 e. The second-order valence-electron chi connectivity index (χ2n) is 4.61.